The van der Waals surface area contributed by atoms with Gasteiger partial charge in [-0.25, -0.2) is 8.42 Å². The molecule has 0 unspecified atom stereocenters. The Kier molecular flexibility index (Phi) is 9.59. The third-order valence-corrected chi connectivity index (χ3v) is 7.00. The third-order valence-electron chi connectivity index (χ3n) is 5.86. The van der Waals surface area contributed by atoms with Gasteiger partial charge in [0.15, 0.2) is 5.78 Å². The molecule has 0 aromatic heterocycles. The van der Waals surface area contributed by atoms with Crippen molar-refractivity contribution < 1.29 is 22.8 Å². The average molecular weight is 502 g/mol. The molecule has 0 aliphatic rings. The Hall–Kier alpha value is -3.20. The summed E-state index contributed by atoms with van der Waals surface area (Å²) >= 11 is 0. The number of sulfonamides is 1. The lowest BCUT2D eigenvalue weighted by Crippen LogP contribution is -2.52. The Labute approximate surface area is 208 Å². The van der Waals surface area contributed by atoms with E-state index in [9.17, 15) is 22.8 Å². The predicted octanol–water partition coefficient (Wildman–Crippen LogP) is 3.30. The number of hydrogen-bond acceptors (Lipinski definition) is 5. The SMILES string of the molecule is CC[C@H](C)NC(=O)[C@H](C)N(Cc1ccc(C)cc1)C(=O)CN(c1cccc(C(C)=O)c1)S(C)(=O)=O. The first-order valence-corrected chi connectivity index (χ1v) is 13.4. The molecule has 0 spiro atoms. The van der Waals surface area contributed by atoms with Crippen LogP contribution in [0, 0.1) is 6.92 Å². The second-order valence-electron chi connectivity index (χ2n) is 8.88. The summed E-state index contributed by atoms with van der Waals surface area (Å²) in [5, 5.41) is 2.89. The maximum absolute atomic E-state index is 13.5. The highest BCUT2D eigenvalue weighted by atomic mass is 32.2. The highest BCUT2D eigenvalue weighted by Gasteiger charge is 2.30. The Bertz CT molecular complexity index is 1160. The summed E-state index contributed by atoms with van der Waals surface area (Å²) in [5.41, 5.74) is 2.42. The number of nitrogens with zero attached hydrogens (tertiary/aromatic N) is 2. The van der Waals surface area contributed by atoms with Crippen LogP contribution in [0.1, 0.15) is 55.6 Å². The molecule has 0 radical (unpaired) electrons. The molecule has 0 aliphatic carbocycles. The van der Waals surface area contributed by atoms with Crippen LogP contribution in [-0.4, -0.2) is 55.8 Å². The van der Waals surface area contributed by atoms with E-state index < -0.39 is 28.5 Å². The van der Waals surface area contributed by atoms with E-state index in [2.05, 4.69) is 5.32 Å². The summed E-state index contributed by atoms with van der Waals surface area (Å²) in [6.45, 7) is 8.43. The van der Waals surface area contributed by atoms with Crippen molar-refractivity contribution in [3.63, 3.8) is 0 Å². The minimum Gasteiger partial charge on any atom is -0.352 e. The molecule has 0 aliphatic heterocycles. The number of aryl methyl sites for hydroxylation is 1. The Balaban J connectivity index is 2.41. The number of carbonyl (C=O) groups excluding carboxylic acids is 3. The van der Waals surface area contributed by atoms with Gasteiger partial charge in [0, 0.05) is 18.2 Å². The lowest BCUT2D eigenvalue weighted by molar-refractivity contribution is -0.139. The summed E-state index contributed by atoms with van der Waals surface area (Å²) in [4.78, 5) is 39.6. The van der Waals surface area contributed by atoms with E-state index in [0.717, 1.165) is 28.1 Å². The second-order valence-corrected chi connectivity index (χ2v) is 10.8. The molecule has 1 N–H and O–H groups in total. The normalized spacial score (nSPS) is 13.0. The molecule has 2 amide bonds. The molecular formula is C26H35N3O5S. The van der Waals surface area contributed by atoms with E-state index in [4.69, 9.17) is 0 Å². The summed E-state index contributed by atoms with van der Waals surface area (Å²) < 4.78 is 26.3. The van der Waals surface area contributed by atoms with Crippen molar-refractivity contribution in [2.75, 3.05) is 17.1 Å². The first-order chi connectivity index (χ1) is 16.3. The molecule has 35 heavy (non-hydrogen) atoms. The topological polar surface area (TPSA) is 104 Å². The van der Waals surface area contributed by atoms with Gasteiger partial charge in [0.2, 0.25) is 21.8 Å². The molecule has 2 aromatic rings. The summed E-state index contributed by atoms with van der Waals surface area (Å²) in [6, 6.07) is 12.8. The Morgan fingerprint density at radius 1 is 1.03 bits per heavy atom. The summed E-state index contributed by atoms with van der Waals surface area (Å²) in [6.07, 6.45) is 1.74. The molecule has 0 saturated heterocycles. The van der Waals surface area contributed by atoms with Crippen LogP contribution in [0.15, 0.2) is 48.5 Å². The number of nitrogens with one attached hydrogen (secondary N) is 1. The Morgan fingerprint density at radius 3 is 2.20 bits per heavy atom. The number of ketones is 1. The molecule has 9 heteroatoms. The van der Waals surface area contributed by atoms with Crippen molar-refractivity contribution in [3.8, 4) is 0 Å². The zero-order valence-corrected chi connectivity index (χ0v) is 22.1. The van der Waals surface area contributed by atoms with Crippen LogP contribution < -0.4 is 9.62 Å². The molecule has 2 rings (SSSR count). The van der Waals surface area contributed by atoms with Crippen LogP contribution in [0.25, 0.3) is 0 Å². The minimum absolute atomic E-state index is 0.0666. The molecule has 8 nitrogen and oxygen atoms in total. The number of Topliss-reactive ketones (excluding diaryl/α,β-unsaturated/α-hetero) is 1. The molecule has 0 saturated carbocycles. The van der Waals surface area contributed by atoms with E-state index in [0.29, 0.717) is 5.56 Å². The first kappa shape index (κ1) is 28.0. The zero-order chi connectivity index (χ0) is 26.3. The van der Waals surface area contributed by atoms with Gasteiger partial charge in [-0.3, -0.25) is 18.7 Å². The number of amides is 2. The molecule has 0 fully saturated rings. The van der Waals surface area contributed by atoms with Crippen molar-refractivity contribution in [1.82, 2.24) is 10.2 Å². The predicted molar refractivity (Wildman–Crippen MR) is 138 cm³/mol. The van der Waals surface area contributed by atoms with Crippen LogP contribution in [-0.2, 0) is 26.2 Å². The van der Waals surface area contributed by atoms with Crippen LogP contribution in [0.2, 0.25) is 0 Å². The van der Waals surface area contributed by atoms with Gasteiger partial charge in [-0.2, -0.15) is 0 Å². The van der Waals surface area contributed by atoms with Crippen LogP contribution in [0.4, 0.5) is 5.69 Å². The fourth-order valence-corrected chi connectivity index (χ4v) is 4.27. The maximum atomic E-state index is 13.5. The Morgan fingerprint density at radius 2 is 1.66 bits per heavy atom. The molecule has 2 atom stereocenters. The van der Waals surface area contributed by atoms with Crippen molar-refractivity contribution in [2.45, 2.75) is 59.7 Å². The van der Waals surface area contributed by atoms with Gasteiger partial charge in [-0.05, 0) is 51.8 Å². The van der Waals surface area contributed by atoms with Gasteiger partial charge in [-0.1, -0.05) is 48.9 Å². The highest BCUT2D eigenvalue weighted by Crippen LogP contribution is 2.21. The van der Waals surface area contributed by atoms with E-state index in [1.807, 2.05) is 45.0 Å². The van der Waals surface area contributed by atoms with Gasteiger partial charge in [-0.15, -0.1) is 0 Å². The van der Waals surface area contributed by atoms with E-state index in [1.54, 1.807) is 19.1 Å². The van der Waals surface area contributed by atoms with Crippen LogP contribution in [0.5, 0.6) is 0 Å². The second kappa shape index (κ2) is 12.0. The molecule has 190 valence electrons. The number of carbonyl (C=O) groups is 3. The van der Waals surface area contributed by atoms with Gasteiger partial charge in [0.05, 0.1) is 11.9 Å². The van der Waals surface area contributed by atoms with E-state index in [-0.39, 0.29) is 30.0 Å². The maximum Gasteiger partial charge on any atom is 0.244 e. The summed E-state index contributed by atoms with van der Waals surface area (Å²) in [5.74, 6) is -1.07. The fourth-order valence-electron chi connectivity index (χ4n) is 3.43. The number of anilines is 1. The molecular weight excluding hydrogens is 466 g/mol. The quantitative estimate of drug-likeness (QED) is 0.476. The minimum atomic E-state index is -3.86. The van der Waals surface area contributed by atoms with Crippen LogP contribution >= 0.6 is 0 Å². The highest BCUT2D eigenvalue weighted by molar-refractivity contribution is 7.92. The van der Waals surface area contributed by atoms with Gasteiger partial charge >= 0.3 is 0 Å². The number of rotatable bonds is 11. The van der Waals surface area contributed by atoms with Gasteiger partial charge < -0.3 is 10.2 Å². The van der Waals surface area contributed by atoms with E-state index >= 15 is 0 Å². The largest absolute Gasteiger partial charge is 0.352 e. The van der Waals surface area contributed by atoms with Gasteiger partial charge in [0.25, 0.3) is 0 Å². The summed E-state index contributed by atoms with van der Waals surface area (Å²) in [7, 11) is -3.86. The number of hydrogen-bond donors (Lipinski definition) is 1. The van der Waals surface area contributed by atoms with Gasteiger partial charge in [0.1, 0.15) is 12.6 Å². The zero-order valence-electron chi connectivity index (χ0n) is 21.2. The standard InChI is InChI=1S/C26H35N3O5S/c1-7-19(3)27-26(32)20(4)28(16-22-13-11-18(2)12-14-22)25(31)17-29(35(6,33)34)24-10-8-9-23(15-24)21(5)30/h8-15,19-20H,7,16-17H2,1-6H3,(H,27,32)/t19-,20-/m0/s1. The van der Waals surface area contributed by atoms with Crippen molar-refractivity contribution >= 4 is 33.3 Å². The lowest BCUT2D eigenvalue weighted by atomic mass is 10.1. The molecule has 0 heterocycles. The van der Waals surface area contributed by atoms with Crippen LogP contribution in [0.3, 0.4) is 0 Å². The monoisotopic (exact) mass is 501 g/mol. The molecule has 2 aromatic carbocycles. The lowest BCUT2D eigenvalue weighted by Gasteiger charge is -2.32. The fraction of sp³-hybridized carbons (Fsp3) is 0.423. The smallest absolute Gasteiger partial charge is 0.244 e. The molecule has 0 bridgehead atoms. The average Bonchev–Trinajstić information content (AvgIpc) is 2.80. The third kappa shape index (κ3) is 7.92. The first-order valence-electron chi connectivity index (χ1n) is 11.6. The van der Waals surface area contributed by atoms with Crippen molar-refractivity contribution in [2.24, 2.45) is 0 Å². The van der Waals surface area contributed by atoms with Crippen molar-refractivity contribution in [1.29, 1.82) is 0 Å². The number of benzene rings is 2. The van der Waals surface area contributed by atoms with Crippen molar-refractivity contribution in [3.05, 3.63) is 65.2 Å². The van der Waals surface area contributed by atoms with E-state index in [1.165, 1.54) is 24.0 Å².